The maximum absolute atomic E-state index is 11.4. The van der Waals surface area contributed by atoms with Crippen molar-refractivity contribution in [3.05, 3.63) is 17.5 Å². The third-order valence-electron chi connectivity index (χ3n) is 3.84. The number of ketones is 1. The molecule has 6 nitrogen and oxygen atoms in total. The second-order valence-electron chi connectivity index (χ2n) is 5.56. The molecule has 0 aromatic carbocycles. The summed E-state index contributed by atoms with van der Waals surface area (Å²) in [5, 5.41) is 10.2. The van der Waals surface area contributed by atoms with E-state index in [0.717, 1.165) is 13.0 Å². The van der Waals surface area contributed by atoms with Gasteiger partial charge >= 0.3 is 0 Å². The molecule has 1 fully saturated rings. The van der Waals surface area contributed by atoms with Crippen LogP contribution in [0.2, 0.25) is 0 Å². The first kappa shape index (κ1) is 14.9. The molecule has 0 amide bonds. The highest BCUT2D eigenvalue weighted by molar-refractivity contribution is 5.94. The van der Waals surface area contributed by atoms with Gasteiger partial charge in [-0.2, -0.15) is 0 Å². The molecule has 1 aromatic heterocycles. The molecule has 1 aliphatic heterocycles. The molecule has 2 heterocycles. The predicted octanol–water partition coefficient (Wildman–Crippen LogP) is 0.489. The van der Waals surface area contributed by atoms with Crippen molar-refractivity contribution in [3.63, 3.8) is 0 Å². The highest BCUT2D eigenvalue weighted by Crippen LogP contribution is 2.20. The Morgan fingerprint density at radius 2 is 2.20 bits per heavy atom. The SMILES string of the molecule is CC(=O)c1cnc(N2CC[C@H](N(C)C)[C@@H](O)C2)nc1C. The number of likely N-dealkylation sites (N-methyl/N-ethyl adjacent to an activating group) is 1. The summed E-state index contributed by atoms with van der Waals surface area (Å²) in [6, 6.07) is 0.170. The van der Waals surface area contributed by atoms with Crippen LogP contribution in [0, 0.1) is 6.92 Å². The number of carbonyl (C=O) groups excluding carboxylic acids is 1. The van der Waals surface area contributed by atoms with Crippen LogP contribution in [0.5, 0.6) is 0 Å². The summed E-state index contributed by atoms with van der Waals surface area (Å²) in [6.07, 6.45) is 2.02. The number of Topliss-reactive ketones (excluding diaryl/α,β-unsaturated/α-hetero) is 1. The number of rotatable bonds is 3. The van der Waals surface area contributed by atoms with E-state index in [-0.39, 0.29) is 11.8 Å². The van der Waals surface area contributed by atoms with Gasteiger partial charge in [-0.1, -0.05) is 0 Å². The number of aliphatic hydroxyl groups is 1. The molecular weight excluding hydrogens is 256 g/mol. The molecule has 1 saturated heterocycles. The van der Waals surface area contributed by atoms with E-state index in [2.05, 4.69) is 9.97 Å². The summed E-state index contributed by atoms with van der Waals surface area (Å²) in [5.41, 5.74) is 1.24. The molecule has 6 heteroatoms. The minimum absolute atomic E-state index is 0.0274. The summed E-state index contributed by atoms with van der Waals surface area (Å²) in [7, 11) is 3.96. The molecule has 1 N–H and O–H groups in total. The van der Waals surface area contributed by atoms with Gasteiger partial charge in [-0.05, 0) is 34.4 Å². The van der Waals surface area contributed by atoms with Gasteiger partial charge in [0.2, 0.25) is 5.95 Å². The third kappa shape index (κ3) is 2.96. The molecule has 0 bridgehead atoms. The first-order chi connectivity index (χ1) is 9.40. The molecule has 0 unspecified atom stereocenters. The number of hydrogen-bond donors (Lipinski definition) is 1. The highest BCUT2D eigenvalue weighted by Gasteiger charge is 2.30. The number of aryl methyl sites for hydroxylation is 1. The van der Waals surface area contributed by atoms with Crippen LogP contribution in [0.3, 0.4) is 0 Å². The van der Waals surface area contributed by atoms with E-state index in [9.17, 15) is 9.90 Å². The lowest BCUT2D eigenvalue weighted by molar-refractivity contribution is 0.0626. The van der Waals surface area contributed by atoms with E-state index in [4.69, 9.17) is 0 Å². The van der Waals surface area contributed by atoms with Crippen molar-refractivity contribution in [2.24, 2.45) is 0 Å². The number of aromatic nitrogens is 2. The Labute approximate surface area is 119 Å². The quantitative estimate of drug-likeness (QED) is 0.812. The lowest BCUT2D eigenvalue weighted by atomic mass is 10.0. The molecule has 0 radical (unpaired) electrons. The molecular formula is C14H22N4O2. The Balaban J connectivity index is 2.14. The molecule has 0 saturated carbocycles. The van der Waals surface area contributed by atoms with E-state index in [1.807, 2.05) is 30.8 Å². The second-order valence-corrected chi connectivity index (χ2v) is 5.56. The number of β-amino-alcohol motifs (C(OH)–C–C–N with tert-alkyl or cyclic N) is 1. The fraction of sp³-hybridized carbons (Fsp3) is 0.643. The highest BCUT2D eigenvalue weighted by atomic mass is 16.3. The summed E-state index contributed by atoms with van der Waals surface area (Å²) >= 11 is 0. The van der Waals surface area contributed by atoms with Crippen LogP contribution in [0.25, 0.3) is 0 Å². The number of carbonyl (C=O) groups is 1. The van der Waals surface area contributed by atoms with Gasteiger partial charge in [0.05, 0.1) is 17.4 Å². The fourth-order valence-corrected chi connectivity index (χ4v) is 2.66. The molecule has 0 aliphatic carbocycles. The Morgan fingerprint density at radius 1 is 1.50 bits per heavy atom. The maximum atomic E-state index is 11.4. The van der Waals surface area contributed by atoms with Gasteiger partial charge in [0.25, 0.3) is 0 Å². The van der Waals surface area contributed by atoms with Gasteiger partial charge in [0, 0.05) is 25.3 Å². The van der Waals surface area contributed by atoms with E-state index < -0.39 is 6.10 Å². The zero-order chi connectivity index (χ0) is 14.9. The van der Waals surface area contributed by atoms with Crippen LogP contribution >= 0.6 is 0 Å². The van der Waals surface area contributed by atoms with Gasteiger partial charge in [-0.3, -0.25) is 4.79 Å². The lowest BCUT2D eigenvalue weighted by Crippen LogP contribution is -2.52. The molecule has 2 atom stereocenters. The number of nitrogens with zero attached hydrogens (tertiary/aromatic N) is 4. The Morgan fingerprint density at radius 3 is 2.70 bits per heavy atom. The Bertz CT molecular complexity index is 504. The number of aliphatic hydroxyl groups excluding tert-OH is 1. The number of piperidine rings is 1. The van der Waals surface area contributed by atoms with Crippen molar-refractivity contribution in [1.29, 1.82) is 0 Å². The first-order valence-corrected chi connectivity index (χ1v) is 6.84. The zero-order valence-corrected chi connectivity index (χ0v) is 12.5. The molecule has 0 spiro atoms. The van der Waals surface area contributed by atoms with Gasteiger partial charge in [-0.25, -0.2) is 9.97 Å². The molecule has 1 aromatic rings. The van der Waals surface area contributed by atoms with Crippen molar-refractivity contribution in [1.82, 2.24) is 14.9 Å². The van der Waals surface area contributed by atoms with Crippen molar-refractivity contribution in [2.75, 3.05) is 32.1 Å². The maximum Gasteiger partial charge on any atom is 0.225 e. The molecule has 110 valence electrons. The second kappa shape index (κ2) is 5.85. The Kier molecular flexibility index (Phi) is 4.35. The summed E-state index contributed by atoms with van der Waals surface area (Å²) in [5.74, 6) is 0.559. The summed E-state index contributed by atoms with van der Waals surface area (Å²) in [6.45, 7) is 4.64. The topological polar surface area (TPSA) is 69.6 Å². The van der Waals surface area contributed by atoms with Gasteiger partial charge < -0.3 is 14.9 Å². The van der Waals surface area contributed by atoms with Crippen LogP contribution in [0.4, 0.5) is 5.95 Å². The lowest BCUT2D eigenvalue weighted by Gasteiger charge is -2.39. The average Bonchev–Trinajstić information content (AvgIpc) is 2.37. The largest absolute Gasteiger partial charge is 0.390 e. The van der Waals surface area contributed by atoms with Crippen LogP contribution in [-0.4, -0.2) is 65.1 Å². The van der Waals surface area contributed by atoms with E-state index >= 15 is 0 Å². The average molecular weight is 278 g/mol. The Hall–Kier alpha value is -1.53. The summed E-state index contributed by atoms with van der Waals surface area (Å²) < 4.78 is 0. The minimum atomic E-state index is -0.421. The molecule has 1 aliphatic rings. The fourth-order valence-electron chi connectivity index (χ4n) is 2.66. The minimum Gasteiger partial charge on any atom is -0.390 e. The first-order valence-electron chi connectivity index (χ1n) is 6.84. The van der Waals surface area contributed by atoms with Crippen molar-refractivity contribution >= 4 is 11.7 Å². The van der Waals surface area contributed by atoms with E-state index in [0.29, 0.717) is 23.8 Å². The van der Waals surface area contributed by atoms with Crippen LogP contribution in [-0.2, 0) is 0 Å². The van der Waals surface area contributed by atoms with E-state index in [1.54, 1.807) is 6.20 Å². The normalized spacial score (nSPS) is 23.2. The standard InChI is InChI=1S/C14H22N4O2/c1-9-11(10(2)19)7-15-14(16-9)18-6-5-12(17(3)4)13(20)8-18/h7,12-13,20H,5-6,8H2,1-4H3/t12-,13-/m0/s1. The predicted molar refractivity (Wildman–Crippen MR) is 77.1 cm³/mol. The van der Waals surface area contributed by atoms with Crippen molar-refractivity contribution in [2.45, 2.75) is 32.4 Å². The zero-order valence-electron chi connectivity index (χ0n) is 12.5. The van der Waals surface area contributed by atoms with Gasteiger partial charge in [0.15, 0.2) is 5.78 Å². The molecule has 2 rings (SSSR count). The van der Waals surface area contributed by atoms with Gasteiger partial charge in [-0.15, -0.1) is 0 Å². The van der Waals surface area contributed by atoms with Crippen LogP contribution in [0.1, 0.15) is 29.4 Å². The van der Waals surface area contributed by atoms with E-state index in [1.165, 1.54) is 6.92 Å². The van der Waals surface area contributed by atoms with Crippen LogP contribution < -0.4 is 4.90 Å². The van der Waals surface area contributed by atoms with Crippen molar-refractivity contribution in [3.8, 4) is 0 Å². The van der Waals surface area contributed by atoms with Crippen LogP contribution in [0.15, 0.2) is 6.20 Å². The smallest absolute Gasteiger partial charge is 0.225 e. The summed E-state index contributed by atoms with van der Waals surface area (Å²) in [4.78, 5) is 24.1. The third-order valence-corrected chi connectivity index (χ3v) is 3.84. The molecule has 20 heavy (non-hydrogen) atoms. The van der Waals surface area contributed by atoms with Gasteiger partial charge in [0.1, 0.15) is 0 Å². The van der Waals surface area contributed by atoms with Crippen molar-refractivity contribution < 1.29 is 9.90 Å². The monoisotopic (exact) mass is 278 g/mol. The number of hydrogen-bond acceptors (Lipinski definition) is 6. The number of anilines is 1.